The summed E-state index contributed by atoms with van der Waals surface area (Å²) in [5.74, 6) is 3.59. The molecule has 0 radical (unpaired) electrons. The van der Waals surface area contributed by atoms with Gasteiger partial charge >= 0.3 is 0 Å². The van der Waals surface area contributed by atoms with Crippen molar-refractivity contribution in [1.29, 1.82) is 0 Å². The third kappa shape index (κ3) is 3.59. The highest BCUT2D eigenvalue weighted by Crippen LogP contribution is 2.39. The molecule has 0 bridgehead atoms. The van der Waals surface area contributed by atoms with Gasteiger partial charge in [-0.2, -0.15) is 14.6 Å². The molecule has 1 aromatic carbocycles. The van der Waals surface area contributed by atoms with Crippen LogP contribution in [0.25, 0.3) is 16.8 Å². The molecule has 0 saturated heterocycles. The Morgan fingerprint density at radius 2 is 2.00 bits per heavy atom. The van der Waals surface area contributed by atoms with Crippen LogP contribution >= 0.6 is 0 Å². The minimum atomic E-state index is -0.101. The lowest BCUT2D eigenvalue weighted by atomic mass is 10.0. The van der Waals surface area contributed by atoms with Crippen molar-refractivity contribution in [2.45, 2.75) is 58.9 Å². The Labute approximate surface area is 187 Å². The molecule has 0 aliphatic heterocycles. The standard InChI is InChI=1S/C24H28N6O2/c1-6-19(24-27-22(29-32-24)16-7-8-16)26-20-12-14(3)25-23-21(15(4)28-30(20)23)18-10-9-17(31-5)11-13(18)2/h9-12,16,19,26H,6-8H2,1-5H3. The molecule has 0 spiro atoms. The maximum Gasteiger partial charge on any atom is 0.249 e. The third-order valence-corrected chi connectivity index (χ3v) is 6.02. The Hall–Kier alpha value is -3.42. The molecule has 1 aliphatic carbocycles. The first-order valence-electron chi connectivity index (χ1n) is 11.1. The molecule has 1 N–H and O–H groups in total. The molecule has 8 nitrogen and oxygen atoms in total. The van der Waals surface area contributed by atoms with E-state index in [0.29, 0.717) is 11.8 Å². The van der Waals surface area contributed by atoms with Crippen LogP contribution in [0.15, 0.2) is 28.8 Å². The van der Waals surface area contributed by atoms with Gasteiger partial charge < -0.3 is 14.6 Å². The number of nitrogens with one attached hydrogen (secondary N) is 1. The highest BCUT2D eigenvalue weighted by molar-refractivity contribution is 5.83. The van der Waals surface area contributed by atoms with Crippen LogP contribution in [0.4, 0.5) is 5.82 Å². The average molecular weight is 433 g/mol. The summed E-state index contributed by atoms with van der Waals surface area (Å²) in [6.45, 7) is 8.20. The first kappa shape index (κ1) is 20.5. The van der Waals surface area contributed by atoms with Crippen LogP contribution < -0.4 is 10.1 Å². The largest absolute Gasteiger partial charge is 0.497 e. The van der Waals surface area contributed by atoms with Gasteiger partial charge in [0.15, 0.2) is 11.5 Å². The van der Waals surface area contributed by atoms with Crippen molar-refractivity contribution >= 4 is 11.5 Å². The van der Waals surface area contributed by atoms with Gasteiger partial charge in [-0.3, -0.25) is 0 Å². The Kier molecular flexibility index (Phi) is 5.07. The van der Waals surface area contributed by atoms with Crippen molar-refractivity contribution < 1.29 is 9.26 Å². The molecular formula is C24H28N6O2. The fourth-order valence-corrected chi connectivity index (χ4v) is 4.12. The van der Waals surface area contributed by atoms with Crippen LogP contribution in [0.1, 0.15) is 66.8 Å². The van der Waals surface area contributed by atoms with Crippen molar-refractivity contribution in [1.82, 2.24) is 24.7 Å². The molecule has 1 saturated carbocycles. The average Bonchev–Trinajstić information content (AvgIpc) is 3.42. The summed E-state index contributed by atoms with van der Waals surface area (Å²) in [5.41, 5.74) is 5.88. The molecule has 32 heavy (non-hydrogen) atoms. The Morgan fingerprint density at radius 3 is 2.69 bits per heavy atom. The zero-order valence-electron chi connectivity index (χ0n) is 19.1. The van der Waals surface area contributed by atoms with E-state index in [2.05, 4.69) is 35.4 Å². The lowest BCUT2D eigenvalue weighted by molar-refractivity contribution is 0.355. The second kappa shape index (κ2) is 7.93. The zero-order valence-corrected chi connectivity index (χ0v) is 19.1. The fourth-order valence-electron chi connectivity index (χ4n) is 4.12. The van der Waals surface area contributed by atoms with E-state index in [9.17, 15) is 0 Å². The van der Waals surface area contributed by atoms with Crippen LogP contribution in [0.2, 0.25) is 0 Å². The smallest absolute Gasteiger partial charge is 0.249 e. The van der Waals surface area contributed by atoms with E-state index in [1.165, 1.54) is 0 Å². The predicted octanol–water partition coefficient (Wildman–Crippen LogP) is 5.15. The van der Waals surface area contributed by atoms with Crippen LogP contribution in [-0.4, -0.2) is 31.8 Å². The van der Waals surface area contributed by atoms with Crippen molar-refractivity contribution in [2.75, 3.05) is 12.4 Å². The second-order valence-corrected chi connectivity index (χ2v) is 8.53. The fraction of sp³-hybridized carbons (Fsp3) is 0.417. The van der Waals surface area contributed by atoms with Crippen molar-refractivity contribution in [3.8, 4) is 16.9 Å². The molecule has 0 amide bonds. The highest BCUT2D eigenvalue weighted by Gasteiger charge is 2.30. The Bertz CT molecular complexity index is 1290. The molecule has 3 aromatic heterocycles. The topological polar surface area (TPSA) is 90.4 Å². The first-order valence-corrected chi connectivity index (χ1v) is 11.1. The normalized spacial score (nSPS) is 14.7. The SMILES string of the molecule is CCC(Nc1cc(C)nc2c(-c3ccc(OC)cc3C)c(C)nn12)c1nc(C2CC2)no1. The monoisotopic (exact) mass is 432 g/mol. The summed E-state index contributed by atoms with van der Waals surface area (Å²) in [4.78, 5) is 9.48. The first-order chi connectivity index (χ1) is 15.5. The molecule has 1 atom stereocenters. The maximum atomic E-state index is 5.59. The van der Waals surface area contributed by atoms with Gasteiger partial charge in [-0.15, -0.1) is 0 Å². The second-order valence-electron chi connectivity index (χ2n) is 8.53. The minimum absolute atomic E-state index is 0.101. The zero-order chi connectivity index (χ0) is 22.4. The van der Waals surface area contributed by atoms with Gasteiger partial charge in [-0.1, -0.05) is 18.1 Å². The van der Waals surface area contributed by atoms with E-state index in [0.717, 1.165) is 70.4 Å². The van der Waals surface area contributed by atoms with Crippen molar-refractivity contribution in [2.24, 2.45) is 0 Å². The summed E-state index contributed by atoms with van der Waals surface area (Å²) in [6, 6.07) is 7.98. The number of benzene rings is 1. The molecule has 4 aromatic rings. The van der Waals surface area contributed by atoms with E-state index >= 15 is 0 Å². The number of nitrogens with zero attached hydrogens (tertiary/aromatic N) is 5. The number of ether oxygens (including phenoxy) is 1. The quantitative estimate of drug-likeness (QED) is 0.432. The molecule has 3 heterocycles. The lowest BCUT2D eigenvalue weighted by Gasteiger charge is -2.16. The summed E-state index contributed by atoms with van der Waals surface area (Å²) in [5, 5.41) is 12.6. The molecule has 166 valence electrons. The molecule has 1 aliphatic rings. The predicted molar refractivity (Wildman–Crippen MR) is 122 cm³/mol. The van der Waals surface area contributed by atoms with Crippen molar-refractivity contribution in [3.05, 3.63) is 52.9 Å². The van der Waals surface area contributed by atoms with E-state index in [4.69, 9.17) is 19.3 Å². The van der Waals surface area contributed by atoms with E-state index in [1.807, 2.05) is 36.6 Å². The molecule has 1 unspecified atom stereocenters. The molecule has 1 fully saturated rings. The molecular weight excluding hydrogens is 404 g/mol. The molecule has 8 heteroatoms. The number of hydrogen-bond acceptors (Lipinski definition) is 7. The minimum Gasteiger partial charge on any atom is -0.497 e. The van der Waals surface area contributed by atoms with E-state index in [-0.39, 0.29) is 6.04 Å². The number of fused-ring (bicyclic) bond motifs is 1. The van der Waals surface area contributed by atoms with Crippen LogP contribution in [0.3, 0.4) is 0 Å². The Balaban J connectivity index is 1.56. The van der Waals surface area contributed by atoms with E-state index < -0.39 is 0 Å². The van der Waals surface area contributed by atoms with Gasteiger partial charge in [0.05, 0.1) is 12.8 Å². The number of methoxy groups -OCH3 is 1. The van der Waals surface area contributed by atoms with Gasteiger partial charge in [0, 0.05) is 23.2 Å². The third-order valence-electron chi connectivity index (χ3n) is 6.02. The maximum absolute atomic E-state index is 5.59. The van der Waals surface area contributed by atoms with Crippen LogP contribution in [0, 0.1) is 20.8 Å². The number of rotatable bonds is 7. The summed E-state index contributed by atoms with van der Waals surface area (Å²) in [7, 11) is 1.68. The van der Waals surface area contributed by atoms with Crippen molar-refractivity contribution in [3.63, 3.8) is 0 Å². The van der Waals surface area contributed by atoms with E-state index in [1.54, 1.807) is 7.11 Å². The van der Waals surface area contributed by atoms with Gasteiger partial charge in [0.1, 0.15) is 17.6 Å². The summed E-state index contributed by atoms with van der Waals surface area (Å²) >= 11 is 0. The van der Waals surface area contributed by atoms with Gasteiger partial charge in [-0.25, -0.2) is 4.98 Å². The Morgan fingerprint density at radius 1 is 1.19 bits per heavy atom. The van der Waals surface area contributed by atoms with Crippen LogP contribution in [-0.2, 0) is 0 Å². The number of anilines is 1. The van der Waals surface area contributed by atoms with Gasteiger partial charge in [-0.05, 0) is 63.3 Å². The lowest BCUT2D eigenvalue weighted by Crippen LogP contribution is -2.14. The van der Waals surface area contributed by atoms with Crippen LogP contribution in [0.5, 0.6) is 5.75 Å². The summed E-state index contributed by atoms with van der Waals surface area (Å²) < 4.78 is 12.8. The van der Waals surface area contributed by atoms with Gasteiger partial charge in [0.2, 0.25) is 5.89 Å². The number of aromatic nitrogens is 5. The molecule has 5 rings (SSSR count). The highest BCUT2D eigenvalue weighted by atomic mass is 16.5. The number of aryl methyl sites for hydroxylation is 3. The van der Waals surface area contributed by atoms with Gasteiger partial charge in [0.25, 0.3) is 0 Å². The number of hydrogen-bond donors (Lipinski definition) is 1. The summed E-state index contributed by atoms with van der Waals surface area (Å²) in [6.07, 6.45) is 3.10.